The first-order chi connectivity index (χ1) is 14.4. The van der Waals surface area contributed by atoms with Gasteiger partial charge in [-0.3, -0.25) is 4.79 Å². The molecule has 4 rings (SSSR count). The Hall–Kier alpha value is -2.26. The number of carbonyl (C=O) groups is 1. The van der Waals surface area contributed by atoms with Crippen LogP contribution in [0.5, 0.6) is 5.75 Å². The average Bonchev–Trinajstić information content (AvgIpc) is 3.11. The fraction of sp³-hybridized carbons (Fsp3) is 0.571. The molecular formula is C21H26F3N3O3. The van der Waals surface area contributed by atoms with Gasteiger partial charge >= 0.3 is 6.18 Å². The zero-order valence-electron chi connectivity index (χ0n) is 16.7. The van der Waals surface area contributed by atoms with Crippen molar-refractivity contribution in [2.45, 2.75) is 31.7 Å². The third-order valence-electron chi connectivity index (χ3n) is 5.72. The number of likely N-dealkylation sites (tertiary alicyclic amines) is 1. The molecule has 2 aliphatic rings. The van der Waals surface area contributed by atoms with Crippen LogP contribution in [0.15, 0.2) is 30.5 Å². The van der Waals surface area contributed by atoms with Crippen LogP contribution in [0, 0.1) is 0 Å². The van der Waals surface area contributed by atoms with Crippen LogP contribution in [0.1, 0.15) is 12.8 Å². The Morgan fingerprint density at radius 1 is 1.10 bits per heavy atom. The predicted octanol–water partition coefficient (Wildman–Crippen LogP) is 2.91. The predicted molar refractivity (Wildman–Crippen MR) is 105 cm³/mol. The number of piperidine rings is 1. The van der Waals surface area contributed by atoms with Crippen molar-refractivity contribution in [2.75, 3.05) is 45.9 Å². The summed E-state index contributed by atoms with van der Waals surface area (Å²) in [7, 11) is 0. The molecule has 1 amide bonds. The fourth-order valence-corrected chi connectivity index (χ4v) is 4.11. The van der Waals surface area contributed by atoms with Crippen LogP contribution in [0.25, 0.3) is 10.9 Å². The van der Waals surface area contributed by atoms with E-state index in [-0.39, 0.29) is 18.6 Å². The summed E-state index contributed by atoms with van der Waals surface area (Å²) in [6.07, 6.45) is -1.09. The number of ether oxygens (including phenoxy) is 2. The topological polar surface area (TPSA) is 46.9 Å². The van der Waals surface area contributed by atoms with E-state index in [1.165, 1.54) is 10.8 Å². The zero-order valence-corrected chi connectivity index (χ0v) is 16.7. The van der Waals surface area contributed by atoms with Gasteiger partial charge in [-0.15, -0.1) is 0 Å². The van der Waals surface area contributed by atoms with E-state index in [4.69, 9.17) is 9.47 Å². The second-order valence-electron chi connectivity index (χ2n) is 7.84. The molecule has 0 aliphatic carbocycles. The van der Waals surface area contributed by atoms with Crippen molar-refractivity contribution in [3.63, 3.8) is 0 Å². The molecule has 0 N–H and O–H groups in total. The summed E-state index contributed by atoms with van der Waals surface area (Å²) in [6, 6.07) is 6.92. The van der Waals surface area contributed by atoms with Gasteiger partial charge in [-0.1, -0.05) is 6.07 Å². The standard InChI is InChI=1S/C21H26F3N3O3/c22-21(23,24)15-27-9-6-17-18(27)2-1-3-19(17)30-16-4-7-25(8-5-16)10-11-26-12-13-29-14-20(26)28/h1-3,6,9,16H,4-5,7-8,10-15H2. The van der Waals surface area contributed by atoms with Gasteiger partial charge in [-0.05, 0) is 31.0 Å². The Labute approximate surface area is 173 Å². The molecule has 9 heteroatoms. The number of hydrogen-bond donors (Lipinski definition) is 0. The molecule has 30 heavy (non-hydrogen) atoms. The summed E-state index contributed by atoms with van der Waals surface area (Å²) < 4.78 is 50.9. The minimum atomic E-state index is -4.26. The maximum Gasteiger partial charge on any atom is 0.406 e. The van der Waals surface area contributed by atoms with Crippen LogP contribution in [-0.4, -0.2) is 78.5 Å². The van der Waals surface area contributed by atoms with Crippen molar-refractivity contribution in [1.29, 1.82) is 0 Å². The maximum atomic E-state index is 12.8. The second-order valence-corrected chi connectivity index (χ2v) is 7.84. The lowest BCUT2D eigenvalue weighted by Gasteiger charge is -2.34. The molecule has 0 saturated carbocycles. The van der Waals surface area contributed by atoms with Crippen molar-refractivity contribution in [2.24, 2.45) is 0 Å². The summed E-state index contributed by atoms with van der Waals surface area (Å²) in [6.45, 7) is 3.68. The van der Waals surface area contributed by atoms with Gasteiger partial charge < -0.3 is 23.8 Å². The first kappa shape index (κ1) is 21.0. The number of benzene rings is 1. The third kappa shape index (κ3) is 5.07. The molecule has 0 unspecified atom stereocenters. The summed E-state index contributed by atoms with van der Waals surface area (Å²) in [4.78, 5) is 16.0. The van der Waals surface area contributed by atoms with E-state index in [0.717, 1.165) is 32.5 Å². The van der Waals surface area contributed by atoms with Gasteiger partial charge in [-0.2, -0.15) is 13.2 Å². The lowest BCUT2D eigenvalue weighted by molar-refractivity contribution is -0.143. The molecule has 0 radical (unpaired) electrons. The first-order valence-electron chi connectivity index (χ1n) is 10.3. The van der Waals surface area contributed by atoms with Crippen LogP contribution < -0.4 is 4.74 Å². The summed E-state index contributed by atoms with van der Waals surface area (Å²) in [5, 5.41) is 0.704. The van der Waals surface area contributed by atoms with E-state index < -0.39 is 12.7 Å². The molecule has 2 aliphatic heterocycles. The molecule has 0 atom stereocenters. The number of aromatic nitrogens is 1. The number of morpholine rings is 1. The van der Waals surface area contributed by atoms with E-state index in [1.807, 2.05) is 11.0 Å². The first-order valence-corrected chi connectivity index (χ1v) is 10.3. The fourth-order valence-electron chi connectivity index (χ4n) is 4.11. The quantitative estimate of drug-likeness (QED) is 0.714. The number of carbonyl (C=O) groups excluding carboxylic acids is 1. The highest BCUT2D eigenvalue weighted by molar-refractivity contribution is 5.86. The third-order valence-corrected chi connectivity index (χ3v) is 5.72. The molecule has 0 spiro atoms. The number of amides is 1. The van der Waals surface area contributed by atoms with Gasteiger partial charge in [0, 0.05) is 44.3 Å². The number of nitrogens with zero attached hydrogens (tertiary/aromatic N) is 3. The molecule has 3 heterocycles. The molecular weight excluding hydrogens is 399 g/mol. The van der Waals surface area contributed by atoms with Crippen LogP contribution in [-0.2, 0) is 16.1 Å². The van der Waals surface area contributed by atoms with E-state index in [1.54, 1.807) is 18.2 Å². The molecule has 2 saturated heterocycles. The van der Waals surface area contributed by atoms with Crippen molar-refractivity contribution in [1.82, 2.24) is 14.4 Å². The average molecular weight is 425 g/mol. The molecule has 0 bridgehead atoms. The number of hydrogen-bond acceptors (Lipinski definition) is 4. The largest absolute Gasteiger partial charge is 0.490 e. The smallest absolute Gasteiger partial charge is 0.406 e. The van der Waals surface area contributed by atoms with Gasteiger partial charge in [0.2, 0.25) is 5.91 Å². The highest BCUT2D eigenvalue weighted by Gasteiger charge is 2.29. The molecule has 2 fully saturated rings. The molecule has 2 aromatic rings. The Kier molecular flexibility index (Phi) is 6.19. The normalized spacial score (nSPS) is 19.6. The number of rotatable bonds is 6. The zero-order chi connectivity index (χ0) is 21.1. The lowest BCUT2D eigenvalue weighted by Crippen LogP contribution is -2.47. The second kappa shape index (κ2) is 8.85. The Bertz CT molecular complexity index is 875. The highest BCUT2D eigenvalue weighted by atomic mass is 19.4. The summed E-state index contributed by atoms with van der Waals surface area (Å²) in [5.41, 5.74) is 0.525. The number of alkyl halides is 3. The SMILES string of the molecule is O=C1COCCN1CCN1CCC(Oc2cccc3c2ccn3CC(F)(F)F)CC1. The van der Waals surface area contributed by atoms with Gasteiger partial charge in [-0.25, -0.2) is 0 Å². The minimum Gasteiger partial charge on any atom is -0.490 e. The Balaban J connectivity index is 1.31. The summed E-state index contributed by atoms with van der Waals surface area (Å²) >= 11 is 0. The van der Waals surface area contributed by atoms with Crippen molar-refractivity contribution < 1.29 is 27.4 Å². The van der Waals surface area contributed by atoms with Crippen LogP contribution in [0.4, 0.5) is 13.2 Å². The van der Waals surface area contributed by atoms with Crippen LogP contribution in [0.2, 0.25) is 0 Å². The number of halogens is 3. The lowest BCUT2D eigenvalue weighted by atomic mass is 10.1. The Morgan fingerprint density at radius 3 is 2.63 bits per heavy atom. The Morgan fingerprint density at radius 2 is 1.90 bits per heavy atom. The molecule has 1 aromatic carbocycles. The van der Waals surface area contributed by atoms with Crippen LogP contribution in [0.3, 0.4) is 0 Å². The monoisotopic (exact) mass is 425 g/mol. The van der Waals surface area contributed by atoms with Crippen molar-refractivity contribution in [3.8, 4) is 5.75 Å². The molecule has 1 aromatic heterocycles. The van der Waals surface area contributed by atoms with E-state index in [9.17, 15) is 18.0 Å². The van der Waals surface area contributed by atoms with Gasteiger partial charge in [0.15, 0.2) is 0 Å². The minimum absolute atomic E-state index is 0.0304. The molecule has 6 nitrogen and oxygen atoms in total. The van der Waals surface area contributed by atoms with E-state index >= 15 is 0 Å². The molecule has 164 valence electrons. The van der Waals surface area contributed by atoms with Crippen LogP contribution >= 0.6 is 0 Å². The maximum absolute atomic E-state index is 12.8. The van der Waals surface area contributed by atoms with Crippen molar-refractivity contribution >= 4 is 16.8 Å². The van der Waals surface area contributed by atoms with Crippen molar-refractivity contribution in [3.05, 3.63) is 30.5 Å². The van der Waals surface area contributed by atoms with E-state index in [0.29, 0.717) is 36.3 Å². The number of fused-ring (bicyclic) bond motifs is 1. The van der Waals surface area contributed by atoms with Gasteiger partial charge in [0.1, 0.15) is 25.0 Å². The van der Waals surface area contributed by atoms with Gasteiger partial charge in [0.25, 0.3) is 0 Å². The van der Waals surface area contributed by atoms with E-state index in [2.05, 4.69) is 4.90 Å². The van der Waals surface area contributed by atoms with Gasteiger partial charge in [0.05, 0.1) is 12.1 Å². The summed E-state index contributed by atoms with van der Waals surface area (Å²) in [5.74, 6) is 0.677. The highest BCUT2D eigenvalue weighted by Crippen LogP contribution is 2.30.